The first-order chi connectivity index (χ1) is 14.0. The highest BCUT2D eigenvalue weighted by molar-refractivity contribution is 7.10. The molecule has 29 heavy (non-hydrogen) atoms. The highest BCUT2D eigenvalue weighted by Crippen LogP contribution is 2.35. The van der Waals surface area contributed by atoms with Crippen molar-refractivity contribution in [1.29, 1.82) is 0 Å². The Kier molecular flexibility index (Phi) is 5.60. The van der Waals surface area contributed by atoms with E-state index >= 15 is 0 Å². The molecule has 4 rings (SSSR count). The van der Waals surface area contributed by atoms with Crippen molar-refractivity contribution in [1.82, 2.24) is 9.91 Å². The van der Waals surface area contributed by atoms with E-state index in [9.17, 15) is 9.18 Å². The second-order valence-electron chi connectivity index (χ2n) is 7.11. The van der Waals surface area contributed by atoms with Crippen LogP contribution in [-0.2, 0) is 4.79 Å². The molecule has 1 amide bonds. The zero-order valence-corrected chi connectivity index (χ0v) is 17.1. The number of furan rings is 1. The second kappa shape index (κ2) is 8.31. The third-order valence-electron chi connectivity index (χ3n) is 5.24. The molecule has 0 radical (unpaired) electrons. The van der Waals surface area contributed by atoms with E-state index in [1.807, 2.05) is 48.5 Å². The number of amides is 1. The molecule has 2 unspecified atom stereocenters. The number of halogens is 1. The van der Waals surface area contributed by atoms with Gasteiger partial charge in [0.25, 0.3) is 5.91 Å². The molecule has 0 fully saturated rings. The van der Waals surface area contributed by atoms with Gasteiger partial charge in [-0.05, 0) is 43.6 Å². The Morgan fingerprint density at radius 1 is 1.31 bits per heavy atom. The normalized spacial score (nSPS) is 17.6. The average Bonchev–Trinajstić information content (AvgIpc) is 3.48. The minimum absolute atomic E-state index is 0.129. The number of rotatable bonds is 6. The summed E-state index contributed by atoms with van der Waals surface area (Å²) in [7, 11) is 1.82. The van der Waals surface area contributed by atoms with Gasteiger partial charge in [-0.1, -0.05) is 24.3 Å². The Balaban J connectivity index is 1.54. The lowest BCUT2D eigenvalue weighted by molar-refractivity contribution is -0.134. The van der Waals surface area contributed by atoms with E-state index < -0.39 is 0 Å². The van der Waals surface area contributed by atoms with E-state index in [0.717, 1.165) is 10.6 Å². The van der Waals surface area contributed by atoms with E-state index in [2.05, 4.69) is 5.10 Å². The van der Waals surface area contributed by atoms with Crippen molar-refractivity contribution in [2.75, 3.05) is 13.6 Å². The number of likely N-dealkylation sites (N-methyl/N-ethyl adjacent to an activating group) is 1. The van der Waals surface area contributed by atoms with E-state index in [1.54, 1.807) is 40.8 Å². The molecule has 7 heteroatoms. The molecule has 2 aromatic heterocycles. The Morgan fingerprint density at radius 2 is 2.14 bits per heavy atom. The predicted octanol–water partition coefficient (Wildman–Crippen LogP) is 4.85. The molecule has 2 atom stereocenters. The molecular weight excluding hydrogens is 389 g/mol. The van der Waals surface area contributed by atoms with Gasteiger partial charge in [0.2, 0.25) is 0 Å². The van der Waals surface area contributed by atoms with Crippen molar-refractivity contribution in [3.05, 3.63) is 82.2 Å². The first-order valence-corrected chi connectivity index (χ1v) is 10.3. The zero-order valence-electron chi connectivity index (χ0n) is 16.3. The maximum atomic E-state index is 14.1. The van der Waals surface area contributed by atoms with Gasteiger partial charge in [-0.3, -0.25) is 9.69 Å². The van der Waals surface area contributed by atoms with Gasteiger partial charge in [0.15, 0.2) is 0 Å². The van der Waals surface area contributed by atoms with Crippen molar-refractivity contribution in [3.8, 4) is 0 Å². The Labute approximate surface area is 173 Å². The number of thiophene rings is 1. The fraction of sp³-hybridized carbons (Fsp3) is 0.273. The molecule has 150 valence electrons. The number of benzene rings is 1. The fourth-order valence-corrected chi connectivity index (χ4v) is 4.32. The van der Waals surface area contributed by atoms with Crippen LogP contribution in [-0.4, -0.2) is 35.1 Å². The van der Waals surface area contributed by atoms with Crippen molar-refractivity contribution < 1.29 is 13.6 Å². The molecule has 0 spiro atoms. The molecule has 3 heterocycles. The number of hydrogen-bond donors (Lipinski definition) is 0. The number of carbonyl (C=O) groups excluding carboxylic acids is 1. The van der Waals surface area contributed by atoms with Crippen LogP contribution in [0.3, 0.4) is 0 Å². The lowest BCUT2D eigenvalue weighted by Gasteiger charge is -2.28. The van der Waals surface area contributed by atoms with Crippen molar-refractivity contribution >= 4 is 23.0 Å². The predicted molar refractivity (Wildman–Crippen MR) is 111 cm³/mol. The van der Waals surface area contributed by atoms with Gasteiger partial charge < -0.3 is 4.42 Å². The number of nitrogens with zero attached hydrogens (tertiary/aromatic N) is 3. The lowest BCUT2D eigenvalue weighted by Crippen LogP contribution is -2.37. The smallest absolute Gasteiger partial charge is 0.257 e. The monoisotopic (exact) mass is 411 g/mol. The quantitative estimate of drug-likeness (QED) is 0.583. The van der Waals surface area contributed by atoms with Gasteiger partial charge >= 0.3 is 0 Å². The van der Waals surface area contributed by atoms with Crippen LogP contribution in [0.1, 0.15) is 41.6 Å². The van der Waals surface area contributed by atoms with E-state index in [0.29, 0.717) is 17.7 Å². The summed E-state index contributed by atoms with van der Waals surface area (Å²) in [5.41, 5.74) is 1.32. The molecular formula is C22H22FN3O2S. The second-order valence-corrected chi connectivity index (χ2v) is 8.09. The van der Waals surface area contributed by atoms with Crippen LogP contribution in [0.5, 0.6) is 0 Å². The first-order valence-electron chi connectivity index (χ1n) is 9.46. The van der Waals surface area contributed by atoms with Crippen molar-refractivity contribution in [2.45, 2.75) is 25.4 Å². The SMILES string of the molecule is CC(c1ccccc1F)N(C)CC(=O)N1N=C(c2ccco2)CC1c1cccs1. The lowest BCUT2D eigenvalue weighted by atomic mass is 10.1. The molecule has 0 aliphatic carbocycles. The minimum Gasteiger partial charge on any atom is -0.463 e. The van der Waals surface area contributed by atoms with Crippen LogP contribution in [0.25, 0.3) is 0 Å². The van der Waals surface area contributed by atoms with Gasteiger partial charge in [0.1, 0.15) is 17.3 Å². The van der Waals surface area contributed by atoms with Crippen LogP contribution in [0, 0.1) is 5.82 Å². The zero-order chi connectivity index (χ0) is 20.4. The average molecular weight is 412 g/mol. The van der Waals surface area contributed by atoms with E-state index in [4.69, 9.17) is 4.42 Å². The van der Waals surface area contributed by atoms with Gasteiger partial charge in [-0.2, -0.15) is 5.10 Å². The molecule has 0 saturated carbocycles. The number of hydrazone groups is 1. The summed E-state index contributed by atoms with van der Waals surface area (Å²) in [6.45, 7) is 2.02. The molecule has 0 bridgehead atoms. The summed E-state index contributed by atoms with van der Waals surface area (Å²) in [6, 6.07) is 13.9. The Hall–Kier alpha value is -2.77. The summed E-state index contributed by atoms with van der Waals surface area (Å²) in [4.78, 5) is 16.1. The molecule has 5 nitrogen and oxygen atoms in total. The fourth-order valence-electron chi connectivity index (χ4n) is 3.51. The van der Waals surface area contributed by atoms with Gasteiger partial charge in [0.05, 0.1) is 18.8 Å². The molecule has 3 aromatic rings. The standard InChI is InChI=1S/C22H22FN3O2S/c1-15(16-7-3-4-8-17(16)23)25(2)14-22(27)26-19(21-10-6-12-29-21)13-18(24-26)20-9-5-11-28-20/h3-12,15,19H,13-14H2,1-2H3. The van der Waals surface area contributed by atoms with Crippen LogP contribution < -0.4 is 0 Å². The van der Waals surface area contributed by atoms with Crippen LogP contribution >= 0.6 is 11.3 Å². The Morgan fingerprint density at radius 3 is 2.83 bits per heavy atom. The molecule has 1 aromatic carbocycles. The van der Waals surface area contributed by atoms with Crippen molar-refractivity contribution in [2.24, 2.45) is 5.10 Å². The highest BCUT2D eigenvalue weighted by atomic mass is 32.1. The molecule has 1 aliphatic rings. The van der Waals surface area contributed by atoms with Crippen LogP contribution in [0.2, 0.25) is 0 Å². The highest BCUT2D eigenvalue weighted by Gasteiger charge is 2.35. The van der Waals surface area contributed by atoms with Gasteiger partial charge in [-0.15, -0.1) is 11.3 Å². The topological polar surface area (TPSA) is 49.1 Å². The van der Waals surface area contributed by atoms with Gasteiger partial charge in [-0.25, -0.2) is 9.40 Å². The van der Waals surface area contributed by atoms with Crippen LogP contribution in [0.15, 0.2) is 69.7 Å². The van der Waals surface area contributed by atoms with E-state index in [-0.39, 0.29) is 30.4 Å². The summed E-state index contributed by atoms with van der Waals surface area (Å²) in [6.07, 6.45) is 2.21. The maximum Gasteiger partial charge on any atom is 0.257 e. The molecule has 1 aliphatic heterocycles. The summed E-state index contributed by atoms with van der Waals surface area (Å²) in [5.74, 6) is 0.278. The third kappa shape index (κ3) is 4.02. The largest absolute Gasteiger partial charge is 0.463 e. The summed E-state index contributed by atoms with van der Waals surface area (Å²) in [5, 5.41) is 8.13. The molecule has 0 N–H and O–H groups in total. The summed E-state index contributed by atoms with van der Waals surface area (Å²) < 4.78 is 19.6. The van der Waals surface area contributed by atoms with Gasteiger partial charge in [0, 0.05) is 22.9 Å². The number of carbonyl (C=O) groups is 1. The maximum absolute atomic E-state index is 14.1. The number of hydrogen-bond acceptors (Lipinski definition) is 5. The third-order valence-corrected chi connectivity index (χ3v) is 6.22. The minimum atomic E-state index is -0.268. The Bertz CT molecular complexity index is 1000. The molecule has 0 saturated heterocycles. The van der Waals surface area contributed by atoms with E-state index in [1.165, 1.54) is 6.07 Å². The van der Waals surface area contributed by atoms with Crippen LogP contribution in [0.4, 0.5) is 4.39 Å². The summed E-state index contributed by atoms with van der Waals surface area (Å²) >= 11 is 1.60. The van der Waals surface area contributed by atoms with Crippen molar-refractivity contribution in [3.63, 3.8) is 0 Å². The first kappa shape index (κ1) is 19.5.